The molecule has 106 valence electrons. The molecule has 1 fully saturated rings. The van der Waals surface area contributed by atoms with Crippen LogP contribution in [0, 0.1) is 5.92 Å². The van der Waals surface area contributed by atoms with Crippen molar-refractivity contribution in [1.82, 2.24) is 15.1 Å². The van der Waals surface area contributed by atoms with E-state index in [1.165, 1.54) is 0 Å². The molecule has 6 nitrogen and oxygen atoms in total. The van der Waals surface area contributed by atoms with Crippen molar-refractivity contribution in [2.45, 2.75) is 45.2 Å². The van der Waals surface area contributed by atoms with Crippen molar-refractivity contribution < 1.29 is 9.90 Å². The first-order chi connectivity index (χ1) is 9.11. The van der Waals surface area contributed by atoms with Gasteiger partial charge in [-0.25, -0.2) is 9.48 Å². The third kappa shape index (κ3) is 3.70. The first kappa shape index (κ1) is 13.9. The lowest BCUT2D eigenvalue weighted by Gasteiger charge is -2.18. The van der Waals surface area contributed by atoms with Crippen LogP contribution in [0.4, 0.5) is 10.6 Å². The molecule has 1 saturated carbocycles. The molecular formula is C13H22N4O2. The number of hydrogen-bond donors (Lipinski definition) is 3. The Morgan fingerprint density at radius 2 is 2.32 bits per heavy atom. The molecule has 1 aromatic heterocycles. The minimum Gasteiger partial charge on any atom is -0.396 e. The van der Waals surface area contributed by atoms with Crippen molar-refractivity contribution in [3.05, 3.63) is 12.3 Å². The number of anilines is 1. The van der Waals surface area contributed by atoms with Crippen molar-refractivity contribution in [2.75, 3.05) is 11.9 Å². The van der Waals surface area contributed by atoms with Gasteiger partial charge in [0.05, 0.1) is 6.20 Å². The van der Waals surface area contributed by atoms with E-state index in [0.717, 1.165) is 12.8 Å². The fraction of sp³-hybridized carbons (Fsp3) is 0.692. The molecule has 0 aromatic carbocycles. The molecule has 3 N–H and O–H groups in total. The van der Waals surface area contributed by atoms with Gasteiger partial charge in [0.25, 0.3) is 0 Å². The minimum atomic E-state index is -0.229. The highest BCUT2D eigenvalue weighted by Gasteiger charge is 2.31. The first-order valence-corrected chi connectivity index (χ1v) is 6.83. The number of aliphatic hydroxyl groups excluding tert-OH is 1. The Bertz CT molecular complexity index is 426. The smallest absolute Gasteiger partial charge is 0.320 e. The Hall–Kier alpha value is -1.56. The second-order valence-corrected chi connectivity index (χ2v) is 5.31. The van der Waals surface area contributed by atoms with Crippen LogP contribution in [-0.2, 0) is 0 Å². The van der Waals surface area contributed by atoms with Crippen LogP contribution < -0.4 is 10.6 Å². The third-order valence-corrected chi connectivity index (χ3v) is 3.35. The van der Waals surface area contributed by atoms with Gasteiger partial charge in [-0.05, 0) is 39.0 Å². The third-order valence-electron chi connectivity index (χ3n) is 3.35. The van der Waals surface area contributed by atoms with Crippen molar-refractivity contribution in [3.8, 4) is 0 Å². The molecule has 0 bridgehead atoms. The summed E-state index contributed by atoms with van der Waals surface area (Å²) in [5.74, 6) is 1.21. The molecule has 2 amide bonds. The highest BCUT2D eigenvalue weighted by atomic mass is 16.3. The lowest BCUT2D eigenvalue weighted by Crippen LogP contribution is -2.40. The number of carbonyl (C=O) groups excluding carboxylic acids is 1. The molecule has 1 aliphatic carbocycles. The summed E-state index contributed by atoms with van der Waals surface area (Å²) < 4.78 is 1.76. The highest BCUT2D eigenvalue weighted by molar-refractivity contribution is 5.88. The van der Waals surface area contributed by atoms with Crippen molar-refractivity contribution in [2.24, 2.45) is 5.92 Å². The highest BCUT2D eigenvalue weighted by Crippen LogP contribution is 2.33. The zero-order chi connectivity index (χ0) is 13.8. The SMILES string of the molecule is CC(C)n1nccc1NC(=O)NC(CCO)C1CC1. The van der Waals surface area contributed by atoms with Gasteiger partial charge in [0.1, 0.15) is 5.82 Å². The molecule has 2 rings (SSSR count). The predicted octanol–water partition coefficient (Wildman–Crippen LogP) is 1.75. The van der Waals surface area contributed by atoms with E-state index in [1.807, 2.05) is 13.8 Å². The molecule has 6 heteroatoms. The maximum Gasteiger partial charge on any atom is 0.320 e. The fourth-order valence-corrected chi connectivity index (χ4v) is 2.21. The Morgan fingerprint density at radius 1 is 1.58 bits per heavy atom. The van der Waals surface area contributed by atoms with Crippen molar-refractivity contribution in [1.29, 1.82) is 0 Å². The zero-order valence-corrected chi connectivity index (χ0v) is 11.5. The summed E-state index contributed by atoms with van der Waals surface area (Å²) in [7, 11) is 0. The Labute approximate surface area is 113 Å². The number of aromatic nitrogens is 2. The van der Waals surface area contributed by atoms with Crippen LogP contribution in [-0.4, -0.2) is 33.6 Å². The summed E-state index contributed by atoms with van der Waals surface area (Å²) in [6.45, 7) is 4.12. The minimum absolute atomic E-state index is 0.0698. The van der Waals surface area contributed by atoms with E-state index in [1.54, 1.807) is 16.9 Å². The second kappa shape index (κ2) is 6.06. The van der Waals surface area contributed by atoms with Crippen LogP contribution in [0.5, 0.6) is 0 Å². The quantitative estimate of drug-likeness (QED) is 0.734. The van der Waals surface area contributed by atoms with Crippen LogP contribution in [0.15, 0.2) is 12.3 Å². The van der Waals surface area contributed by atoms with Crippen LogP contribution in [0.2, 0.25) is 0 Å². The van der Waals surface area contributed by atoms with Gasteiger partial charge in [-0.3, -0.25) is 5.32 Å². The molecule has 1 atom stereocenters. The molecule has 0 radical (unpaired) electrons. The van der Waals surface area contributed by atoms with Gasteiger partial charge in [-0.2, -0.15) is 5.10 Å². The maximum absolute atomic E-state index is 12.0. The van der Waals surface area contributed by atoms with E-state index in [9.17, 15) is 4.79 Å². The predicted molar refractivity (Wildman–Crippen MR) is 73.0 cm³/mol. The fourth-order valence-electron chi connectivity index (χ4n) is 2.21. The normalized spacial score (nSPS) is 16.4. The Morgan fingerprint density at radius 3 is 2.89 bits per heavy atom. The monoisotopic (exact) mass is 266 g/mol. The Balaban J connectivity index is 1.91. The maximum atomic E-state index is 12.0. The molecule has 0 saturated heterocycles. The van der Waals surface area contributed by atoms with Gasteiger partial charge < -0.3 is 10.4 Å². The molecule has 0 spiro atoms. The number of rotatable bonds is 6. The van der Waals surface area contributed by atoms with Crippen LogP contribution in [0.1, 0.15) is 39.2 Å². The summed E-state index contributed by atoms with van der Waals surface area (Å²) >= 11 is 0. The number of carbonyl (C=O) groups is 1. The van der Waals surface area contributed by atoms with Gasteiger partial charge in [0, 0.05) is 24.8 Å². The van der Waals surface area contributed by atoms with Gasteiger partial charge in [-0.15, -0.1) is 0 Å². The number of amides is 2. The van der Waals surface area contributed by atoms with E-state index in [-0.39, 0.29) is 24.7 Å². The summed E-state index contributed by atoms with van der Waals surface area (Å²) in [6, 6.07) is 1.81. The number of urea groups is 1. The average molecular weight is 266 g/mol. The summed E-state index contributed by atoms with van der Waals surface area (Å²) in [5, 5.41) is 18.9. The Kier molecular flexibility index (Phi) is 4.42. The topological polar surface area (TPSA) is 79.2 Å². The molecule has 1 heterocycles. The van der Waals surface area contributed by atoms with Crippen LogP contribution in [0.3, 0.4) is 0 Å². The average Bonchev–Trinajstić information content (AvgIpc) is 3.09. The lowest BCUT2D eigenvalue weighted by atomic mass is 10.1. The van der Waals surface area contributed by atoms with Crippen molar-refractivity contribution in [3.63, 3.8) is 0 Å². The molecule has 19 heavy (non-hydrogen) atoms. The van der Waals surface area contributed by atoms with E-state index < -0.39 is 0 Å². The van der Waals surface area contributed by atoms with Gasteiger partial charge in [0.2, 0.25) is 0 Å². The first-order valence-electron chi connectivity index (χ1n) is 6.83. The van der Waals surface area contributed by atoms with Gasteiger partial charge in [0.15, 0.2) is 0 Å². The molecule has 1 unspecified atom stereocenters. The molecule has 0 aliphatic heterocycles. The van der Waals surface area contributed by atoms with Gasteiger partial charge >= 0.3 is 6.03 Å². The largest absolute Gasteiger partial charge is 0.396 e. The van der Waals surface area contributed by atoms with Gasteiger partial charge in [-0.1, -0.05) is 0 Å². The zero-order valence-electron chi connectivity index (χ0n) is 11.5. The molecule has 1 aromatic rings. The number of nitrogens with zero attached hydrogens (tertiary/aromatic N) is 2. The van der Waals surface area contributed by atoms with E-state index >= 15 is 0 Å². The van der Waals surface area contributed by atoms with Crippen molar-refractivity contribution >= 4 is 11.8 Å². The van der Waals surface area contributed by atoms with E-state index in [4.69, 9.17) is 5.11 Å². The molecule has 1 aliphatic rings. The van der Waals surface area contributed by atoms with E-state index in [2.05, 4.69) is 15.7 Å². The second-order valence-electron chi connectivity index (χ2n) is 5.31. The lowest BCUT2D eigenvalue weighted by molar-refractivity contribution is 0.234. The van der Waals surface area contributed by atoms with Crippen LogP contribution in [0.25, 0.3) is 0 Å². The summed E-state index contributed by atoms with van der Waals surface area (Å²) in [4.78, 5) is 12.0. The van der Waals surface area contributed by atoms with Crippen LogP contribution >= 0.6 is 0 Å². The standard InChI is InChI=1S/C13H22N4O2/c1-9(2)17-12(5-7-14-17)16-13(19)15-11(6-8-18)10-3-4-10/h5,7,9-11,18H,3-4,6,8H2,1-2H3,(H2,15,16,19). The molecular weight excluding hydrogens is 244 g/mol. The van der Waals surface area contributed by atoms with E-state index in [0.29, 0.717) is 18.2 Å². The number of hydrogen-bond acceptors (Lipinski definition) is 3. The summed E-state index contributed by atoms with van der Waals surface area (Å²) in [6.07, 6.45) is 4.55. The number of nitrogens with one attached hydrogen (secondary N) is 2. The summed E-state index contributed by atoms with van der Waals surface area (Å²) in [5.41, 5.74) is 0. The number of aliphatic hydroxyl groups is 1.